The minimum atomic E-state index is -0.577. The van der Waals surface area contributed by atoms with Crippen LogP contribution in [0.3, 0.4) is 0 Å². The number of ketones is 1. The standard InChI is InChI=1S/C11H9BrFNO2S/c1-17-3-2-14-9-5-8(13)7(12)4-6(9)10(15)11(14)16/h4-5H,2-3H2,1H3. The lowest BCUT2D eigenvalue weighted by molar-refractivity contribution is -0.114. The van der Waals surface area contributed by atoms with Gasteiger partial charge in [-0.15, -0.1) is 0 Å². The SMILES string of the molecule is CSCCN1C(=O)C(=O)c2cc(Br)c(F)cc21. The third-order valence-electron chi connectivity index (χ3n) is 2.53. The zero-order chi connectivity index (χ0) is 12.6. The van der Waals surface area contributed by atoms with Crippen LogP contribution in [0.1, 0.15) is 10.4 Å². The lowest BCUT2D eigenvalue weighted by Crippen LogP contribution is -2.31. The summed E-state index contributed by atoms with van der Waals surface area (Å²) in [5.74, 6) is -0.912. The van der Waals surface area contributed by atoms with Crippen molar-refractivity contribution in [1.82, 2.24) is 0 Å². The molecule has 1 aromatic carbocycles. The van der Waals surface area contributed by atoms with Crippen LogP contribution in [-0.2, 0) is 4.79 Å². The molecule has 0 aromatic heterocycles. The summed E-state index contributed by atoms with van der Waals surface area (Å²) in [4.78, 5) is 24.7. The average molecular weight is 318 g/mol. The van der Waals surface area contributed by atoms with Gasteiger partial charge in [0, 0.05) is 12.3 Å². The quantitative estimate of drug-likeness (QED) is 0.804. The number of fused-ring (bicyclic) bond motifs is 1. The first kappa shape index (κ1) is 12.6. The van der Waals surface area contributed by atoms with Crippen LogP contribution in [0.4, 0.5) is 10.1 Å². The Labute approximate surface area is 110 Å². The Morgan fingerprint density at radius 3 is 2.76 bits per heavy atom. The van der Waals surface area contributed by atoms with Crippen molar-refractivity contribution in [2.75, 3.05) is 23.5 Å². The largest absolute Gasteiger partial charge is 0.304 e. The number of nitrogens with zero attached hydrogens (tertiary/aromatic N) is 1. The second kappa shape index (κ2) is 4.78. The van der Waals surface area contributed by atoms with E-state index in [2.05, 4.69) is 15.9 Å². The fourth-order valence-corrected chi connectivity index (χ4v) is 2.40. The second-order valence-electron chi connectivity index (χ2n) is 3.56. The molecule has 0 bridgehead atoms. The van der Waals surface area contributed by atoms with E-state index in [0.29, 0.717) is 18.0 Å². The molecule has 1 aromatic rings. The lowest BCUT2D eigenvalue weighted by Gasteiger charge is -2.15. The number of carbonyl (C=O) groups excluding carboxylic acids is 2. The molecule has 17 heavy (non-hydrogen) atoms. The molecule has 1 aliphatic rings. The molecule has 0 saturated heterocycles. The number of rotatable bonds is 3. The zero-order valence-electron chi connectivity index (χ0n) is 9.00. The van der Waals surface area contributed by atoms with Gasteiger partial charge in [0.2, 0.25) is 0 Å². The molecular formula is C11H9BrFNO2S. The average Bonchev–Trinajstić information content (AvgIpc) is 2.52. The van der Waals surface area contributed by atoms with Crippen molar-refractivity contribution in [2.45, 2.75) is 0 Å². The lowest BCUT2D eigenvalue weighted by atomic mass is 10.1. The molecule has 0 spiro atoms. The van der Waals surface area contributed by atoms with Crippen LogP contribution >= 0.6 is 27.7 Å². The van der Waals surface area contributed by atoms with Gasteiger partial charge in [-0.2, -0.15) is 11.8 Å². The van der Waals surface area contributed by atoms with Crippen molar-refractivity contribution in [3.05, 3.63) is 28.0 Å². The number of carbonyl (C=O) groups is 2. The maximum atomic E-state index is 13.4. The molecule has 0 atom stereocenters. The Hall–Kier alpha value is -0.880. The van der Waals surface area contributed by atoms with E-state index in [9.17, 15) is 14.0 Å². The maximum Gasteiger partial charge on any atom is 0.299 e. The summed E-state index contributed by atoms with van der Waals surface area (Å²) in [5.41, 5.74) is 0.638. The van der Waals surface area contributed by atoms with Gasteiger partial charge in [0.05, 0.1) is 15.7 Å². The number of hydrogen-bond donors (Lipinski definition) is 0. The molecule has 90 valence electrons. The molecule has 0 unspecified atom stereocenters. The highest BCUT2D eigenvalue weighted by molar-refractivity contribution is 9.10. The normalized spacial score (nSPS) is 14.4. The highest BCUT2D eigenvalue weighted by Crippen LogP contribution is 2.33. The third-order valence-corrected chi connectivity index (χ3v) is 3.73. The number of hydrogen-bond acceptors (Lipinski definition) is 3. The zero-order valence-corrected chi connectivity index (χ0v) is 11.4. The number of amides is 1. The van der Waals surface area contributed by atoms with Gasteiger partial charge in [-0.3, -0.25) is 9.59 Å². The Morgan fingerprint density at radius 1 is 1.41 bits per heavy atom. The molecule has 1 aliphatic heterocycles. The molecule has 1 heterocycles. The van der Waals surface area contributed by atoms with Crippen LogP contribution < -0.4 is 4.90 Å². The summed E-state index contributed by atoms with van der Waals surface area (Å²) in [6, 6.07) is 2.59. The number of benzene rings is 1. The molecule has 0 saturated carbocycles. The highest BCUT2D eigenvalue weighted by Gasteiger charge is 2.36. The first-order valence-electron chi connectivity index (χ1n) is 4.90. The van der Waals surface area contributed by atoms with E-state index in [1.165, 1.54) is 17.0 Å². The molecule has 0 aliphatic carbocycles. The second-order valence-corrected chi connectivity index (χ2v) is 5.40. The molecule has 0 N–H and O–H groups in total. The van der Waals surface area contributed by atoms with Crippen molar-refractivity contribution in [2.24, 2.45) is 0 Å². The van der Waals surface area contributed by atoms with Gasteiger partial charge in [-0.1, -0.05) is 0 Å². The smallest absolute Gasteiger partial charge is 0.299 e. The summed E-state index contributed by atoms with van der Waals surface area (Å²) >= 11 is 4.57. The van der Waals surface area contributed by atoms with Crippen LogP contribution in [-0.4, -0.2) is 30.2 Å². The van der Waals surface area contributed by atoms with E-state index in [1.807, 2.05) is 6.26 Å². The summed E-state index contributed by atoms with van der Waals surface area (Å²) in [7, 11) is 0. The van der Waals surface area contributed by atoms with E-state index in [-0.39, 0.29) is 10.0 Å². The monoisotopic (exact) mass is 317 g/mol. The van der Waals surface area contributed by atoms with E-state index >= 15 is 0 Å². The van der Waals surface area contributed by atoms with Gasteiger partial charge in [-0.05, 0) is 34.3 Å². The first-order chi connectivity index (χ1) is 8.06. The Bertz CT molecular complexity index is 506. The molecule has 3 nitrogen and oxygen atoms in total. The number of anilines is 1. The van der Waals surface area contributed by atoms with Gasteiger partial charge in [0.15, 0.2) is 0 Å². The number of Topliss-reactive ketones (excluding diaryl/α,β-unsaturated/α-hetero) is 1. The third kappa shape index (κ3) is 2.11. The van der Waals surface area contributed by atoms with E-state index in [0.717, 1.165) is 0 Å². The first-order valence-corrected chi connectivity index (χ1v) is 7.09. The maximum absolute atomic E-state index is 13.4. The predicted molar refractivity (Wildman–Crippen MR) is 69.2 cm³/mol. The number of thioether (sulfide) groups is 1. The Morgan fingerprint density at radius 2 is 2.12 bits per heavy atom. The van der Waals surface area contributed by atoms with Gasteiger partial charge in [0.1, 0.15) is 5.82 Å². The van der Waals surface area contributed by atoms with Crippen LogP contribution in [0.25, 0.3) is 0 Å². The molecule has 6 heteroatoms. The van der Waals surface area contributed by atoms with Crippen LogP contribution in [0.2, 0.25) is 0 Å². The highest BCUT2D eigenvalue weighted by atomic mass is 79.9. The molecule has 1 amide bonds. The topological polar surface area (TPSA) is 37.4 Å². The van der Waals surface area contributed by atoms with Crippen LogP contribution in [0, 0.1) is 5.82 Å². The van der Waals surface area contributed by atoms with Crippen molar-refractivity contribution < 1.29 is 14.0 Å². The van der Waals surface area contributed by atoms with E-state index < -0.39 is 17.5 Å². The van der Waals surface area contributed by atoms with Gasteiger partial charge < -0.3 is 4.90 Å². The Kier molecular flexibility index (Phi) is 3.53. The van der Waals surface area contributed by atoms with Gasteiger partial charge in [-0.25, -0.2) is 4.39 Å². The van der Waals surface area contributed by atoms with Crippen molar-refractivity contribution >= 4 is 45.1 Å². The van der Waals surface area contributed by atoms with Crippen LogP contribution in [0.5, 0.6) is 0 Å². The predicted octanol–water partition coefficient (Wildman–Crippen LogP) is 2.48. The van der Waals surface area contributed by atoms with Gasteiger partial charge in [0.25, 0.3) is 11.7 Å². The summed E-state index contributed by atoms with van der Waals surface area (Å²) in [5, 5.41) is 0. The molecule has 0 fully saturated rings. The van der Waals surface area contributed by atoms with Crippen molar-refractivity contribution in [1.29, 1.82) is 0 Å². The van der Waals surface area contributed by atoms with Crippen LogP contribution in [0.15, 0.2) is 16.6 Å². The number of halogens is 2. The summed E-state index contributed by atoms with van der Waals surface area (Å²) in [6.45, 7) is 0.416. The fourth-order valence-electron chi connectivity index (χ4n) is 1.69. The molecular weight excluding hydrogens is 309 g/mol. The Balaban J connectivity index is 2.45. The van der Waals surface area contributed by atoms with Crippen molar-refractivity contribution in [3.8, 4) is 0 Å². The molecule has 0 radical (unpaired) electrons. The minimum absolute atomic E-state index is 0.198. The summed E-state index contributed by atoms with van der Waals surface area (Å²) < 4.78 is 13.6. The van der Waals surface area contributed by atoms with E-state index in [1.54, 1.807) is 11.8 Å². The molecule has 2 rings (SSSR count). The summed E-state index contributed by atoms with van der Waals surface area (Å²) in [6.07, 6.45) is 1.91. The van der Waals surface area contributed by atoms with Crippen molar-refractivity contribution in [3.63, 3.8) is 0 Å². The van der Waals surface area contributed by atoms with E-state index in [4.69, 9.17) is 0 Å². The minimum Gasteiger partial charge on any atom is -0.304 e. The van der Waals surface area contributed by atoms with Gasteiger partial charge >= 0.3 is 0 Å². The fraction of sp³-hybridized carbons (Fsp3) is 0.273.